The number of benzene rings is 1. The van der Waals surface area contributed by atoms with Crippen LogP contribution in [0, 0.1) is 10.1 Å². The van der Waals surface area contributed by atoms with Crippen LogP contribution in [0.1, 0.15) is 25.8 Å². The van der Waals surface area contributed by atoms with Crippen LogP contribution >= 0.6 is 11.6 Å². The molecule has 0 heterocycles. The van der Waals surface area contributed by atoms with Crippen LogP contribution in [-0.4, -0.2) is 17.5 Å². The monoisotopic (exact) mass is 256 g/mol. The highest BCUT2D eigenvalue weighted by atomic mass is 35.5. The number of halogens is 1. The van der Waals surface area contributed by atoms with Gasteiger partial charge in [-0.05, 0) is 31.9 Å². The Labute approximate surface area is 106 Å². The zero-order valence-electron chi connectivity index (χ0n) is 10.1. The van der Waals surface area contributed by atoms with Crippen molar-refractivity contribution in [1.29, 1.82) is 0 Å². The lowest BCUT2D eigenvalue weighted by Crippen LogP contribution is -2.28. The molecule has 0 bridgehead atoms. The number of rotatable bonds is 6. The smallest absolute Gasteiger partial charge is 0.270 e. The van der Waals surface area contributed by atoms with Gasteiger partial charge in [0.25, 0.3) is 5.69 Å². The molecule has 1 aromatic carbocycles. The van der Waals surface area contributed by atoms with Gasteiger partial charge in [0, 0.05) is 18.2 Å². The van der Waals surface area contributed by atoms with E-state index in [-0.39, 0.29) is 5.69 Å². The molecule has 1 atom stereocenters. The van der Waals surface area contributed by atoms with E-state index < -0.39 is 4.92 Å². The first-order valence-corrected chi connectivity index (χ1v) is 6.08. The summed E-state index contributed by atoms with van der Waals surface area (Å²) in [6.45, 7) is 5.15. The van der Waals surface area contributed by atoms with E-state index in [0.29, 0.717) is 11.1 Å². The minimum Gasteiger partial charge on any atom is -0.314 e. The first-order chi connectivity index (χ1) is 8.04. The van der Waals surface area contributed by atoms with Gasteiger partial charge >= 0.3 is 0 Å². The Morgan fingerprint density at radius 2 is 2.24 bits per heavy atom. The summed E-state index contributed by atoms with van der Waals surface area (Å²) < 4.78 is 0. The van der Waals surface area contributed by atoms with E-state index in [1.807, 2.05) is 0 Å². The maximum atomic E-state index is 10.6. The minimum atomic E-state index is -0.436. The van der Waals surface area contributed by atoms with Crippen molar-refractivity contribution in [3.8, 4) is 0 Å². The minimum absolute atomic E-state index is 0.0351. The Hall–Kier alpha value is -1.13. The Bertz CT molecular complexity index is 396. The summed E-state index contributed by atoms with van der Waals surface area (Å²) in [5.74, 6) is 0. The van der Waals surface area contributed by atoms with Crippen molar-refractivity contribution >= 4 is 17.3 Å². The Kier molecular flexibility index (Phi) is 5.38. The van der Waals surface area contributed by atoms with Gasteiger partial charge in [-0.25, -0.2) is 0 Å². The van der Waals surface area contributed by atoms with Crippen molar-refractivity contribution < 1.29 is 4.92 Å². The molecule has 1 aromatic rings. The van der Waals surface area contributed by atoms with E-state index in [9.17, 15) is 10.1 Å². The van der Waals surface area contributed by atoms with Crippen LogP contribution in [0.15, 0.2) is 18.2 Å². The van der Waals surface area contributed by atoms with E-state index >= 15 is 0 Å². The molecule has 0 aromatic heterocycles. The molecule has 94 valence electrons. The second-order valence-electron chi connectivity index (χ2n) is 4.09. The summed E-state index contributed by atoms with van der Waals surface area (Å²) >= 11 is 6.02. The molecule has 0 fully saturated rings. The van der Waals surface area contributed by atoms with Crippen molar-refractivity contribution in [2.75, 3.05) is 6.54 Å². The number of nitro benzene ring substituents is 1. The lowest BCUT2D eigenvalue weighted by Gasteiger charge is -2.13. The Morgan fingerprint density at radius 3 is 2.76 bits per heavy atom. The molecule has 17 heavy (non-hydrogen) atoms. The molecule has 0 aliphatic heterocycles. The normalized spacial score (nSPS) is 12.4. The van der Waals surface area contributed by atoms with Crippen LogP contribution in [0.5, 0.6) is 0 Å². The zero-order valence-corrected chi connectivity index (χ0v) is 10.8. The standard InChI is InChI=1S/C12H17ClN2O2/c1-3-6-14-9(2)7-10-4-5-11(15(16)17)8-12(10)13/h4-5,8-9,14H,3,6-7H2,1-2H3. The highest BCUT2D eigenvalue weighted by molar-refractivity contribution is 6.31. The molecule has 1 unspecified atom stereocenters. The molecule has 0 spiro atoms. The van der Waals surface area contributed by atoms with Crippen molar-refractivity contribution in [3.63, 3.8) is 0 Å². The molecule has 0 saturated heterocycles. The predicted molar refractivity (Wildman–Crippen MR) is 69.6 cm³/mol. The first kappa shape index (κ1) is 13.9. The van der Waals surface area contributed by atoms with Crippen LogP contribution in [0.4, 0.5) is 5.69 Å². The number of hydrogen-bond acceptors (Lipinski definition) is 3. The van der Waals surface area contributed by atoms with Gasteiger partial charge < -0.3 is 5.32 Å². The molecule has 1 rings (SSSR count). The van der Waals surface area contributed by atoms with E-state index in [1.54, 1.807) is 6.07 Å². The van der Waals surface area contributed by atoms with Crippen LogP contribution in [-0.2, 0) is 6.42 Å². The van der Waals surface area contributed by atoms with E-state index in [2.05, 4.69) is 19.2 Å². The summed E-state index contributed by atoms with van der Waals surface area (Å²) in [4.78, 5) is 10.1. The summed E-state index contributed by atoms with van der Waals surface area (Å²) in [6, 6.07) is 4.94. The van der Waals surface area contributed by atoms with Crippen molar-refractivity contribution in [1.82, 2.24) is 5.32 Å². The first-order valence-electron chi connectivity index (χ1n) is 5.70. The largest absolute Gasteiger partial charge is 0.314 e. The van der Waals surface area contributed by atoms with Crippen LogP contribution in [0.3, 0.4) is 0 Å². The molecule has 0 aliphatic rings. The summed E-state index contributed by atoms with van der Waals surface area (Å²) in [5.41, 5.74) is 0.973. The maximum Gasteiger partial charge on any atom is 0.270 e. The molecule has 5 heteroatoms. The van der Waals surface area contributed by atoms with Gasteiger partial charge in [0.2, 0.25) is 0 Å². The topological polar surface area (TPSA) is 55.2 Å². The molecule has 0 amide bonds. The number of nitro groups is 1. The van der Waals surface area contributed by atoms with Crippen LogP contribution in [0.25, 0.3) is 0 Å². The third-order valence-corrected chi connectivity index (χ3v) is 2.87. The lowest BCUT2D eigenvalue weighted by atomic mass is 10.1. The SMILES string of the molecule is CCCNC(C)Cc1ccc([N+](=O)[O-])cc1Cl. The zero-order chi connectivity index (χ0) is 12.8. The molecule has 0 radical (unpaired) electrons. The fourth-order valence-corrected chi connectivity index (χ4v) is 1.86. The molecule has 0 aliphatic carbocycles. The summed E-state index contributed by atoms with van der Waals surface area (Å²) in [7, 11) is 0. The van der Waals surface area contributed by atoms with Crippen molar-refractivity contribution in [3.05, 3.63) is 38.9 Å². The van der Waals surface area contributed by atoms with Gasteiger partial charge in [-0.1, -0.05) is 24.6 Å². The van der Waals surface area contributed by atoms with E-state index in [0.717, 1.165) is 24.9 Å². The Balaban J connectivity index is 2.69. The number of hydrogen-bond donors (Lipinski definition) is 1. The van der Waals surface area contributed by atoms with E-state index in [1.165, 1.54) is 12.1 Å². The quantitative estimate of drug-likeness (QED) is 0.628. The molecular formula is C12H17ClN2O2. The molecule has 0 saturated carbocycles. The van der Waals surface area contributed by atoms with Crippen molar-refractivity contribution in [2.24, 2.45) is 0 Å². The summed E-state index contributed by atoms with van der Waals surface area (Å²) in [6.07, 6.45) is 1.86. The average molecular weight is 257 g/mol. The van der Waals surface area contributed by atoms with Crippen molar-refractivity contribution in [2.45, 2.75) is 32.7 Å². The second kappa shape index (κ2) is 6.57. The van der Waals surface area contributed by atoms with Gasteiger partial charge in [-0.15, -0.1) is 0 Å². The highest BCUT2D eigenvalue weighted by Crippen LogP contribution is 2.23. The predicted octanol–water partition coefficient (Wildman–Crippen LogP) is 3.18. The third kappa shape index (κ3) is 4.32. The third-order valence-electron chi connectivity index (χ3n) is 2.52. The van der Waals surface area contributed by atoms with Crippen LogP contribution in [0.2, 0.25) is 5.02 Å². The van der Waals surface area contributed by atoms with Gasteiger partial charge in [0.05, 0.1) is 9.95 Å². The van der Waals surface area contributed by atoms with Gasteiger partial charge in [0.1, 0.15) is 0 Å². The fourth-order valence-electron chi connectivity index (χ4n) is 1.61. The van der Waals surface area contributed by atoms with Gasteiger partial charge in [-0.3, -0.25) is 10.1 Å². The Morgan fingerprint density at radius 1 is 1.53 bits per heavy atom. The van der Waals surface area contributed by atoms with Gasteiger partial charge in [-0.2, -0.15) is 0 Å². The number of nitrogens with zero attached hydrogens (tertiary/aromatic N) is 1. The molecule has 1 N–H and O–H groups in total. The maximum absolute atomic E-state index is 10.6. The summed E-state index contributed by atoms with van der Waals surface area (Å²) in [5, 5.41) is 14.4. The molecule has 4 nitrogen and oxygen atoms in total. The fraction of sp³-hybridized carbons (Fsp3) is 0.500. The van der Waals surface area contributed by atoms with Crippen LogP contribution < -0.4 is 5.32 Å². The lowest BCUT2D eigenvalue weighted by molar-refractivity contribution is -0.384. The highest BCUT2D eigenvalue weighted by Gasteiger charge is 2.11. The second-order valence-corrected chi connectivity index (χ2v) is 4.50. The number of non-ortho nitro benzene ring substituents is 1. The van der Waals surface area contributed by atoms with Gasteiger partial charge in [0.15, 0.2) is 0 Å². The average Bonchev–Trinajstić information content (AvgIpc) is 2.28. The van der Waals surface area contributed by atoms with E-state index in [4.69, 9.17) is 11.6 Å². The molecular weight excluding hydrogens is 240 g/mol. The number of nitrogens with one attached hydrogen (secondary N) is 1.